The summed E-state index contributed by atoms with van der Waals surface area (Å²) in [5, 5.41) is 7.22. The number of aromatic nitrogens is 2. The molecule has 0 saturated carbocycles. The lowest BCUT2D eigenvalue weighted by atomic mass is 9.94. The fraction of sp³-hybridized carbons (Fsp3) is 0.684. The highest BCUT2D eigenvalue weighted by atomic mass is 16.2. The molecular weight excluding hydrogens is 346 g/mol. The van der Waals surface area contributed by atoms with E-state index in [4.69, 9.17) is 0 Å². The topological polar surface area (TPSA) is 89.6 Å². The van der Waals surface area contributed by atoms with Crippen molar-refractivity contribution in [1.29, 1.82) is 0 Å². The van der Waals surface area contributed by atoms with Crippen LogP contribution >= 0.6 is 0 Å². The minimum absolute atomic E-state index is 0.00974. The van der Waals surface area contributed by atoms with Gasteiger partial charge in [-0.2, -0.15) is 5.10 Å². The molecule has 1 N–H and O–H groups in total. The highest BCUT2D eigenvalue weighted by Gasteiger charge is 2.42. The van der Waals surface area contributed by atoms with Gasteiger partial charge in [0.05, 0.1) is 11.6 Å². The van der Waals surface area contributed by atoms with Crippen molar-refractivity contribution in [1.82, 2.24) is 24.9 Å². The Kier molecular flexibility index (Phi) is 5.53. The minimum atomic E-state index is -0.197. The van der Waals surface area contributed by atoms with Gasteiger partial charge in [-0.05, 0) is 32.3 Å². The molecule has 2 atom stereocenters. The number of piperidine rings is 1. The molecule has 4 rings (SSSR count). The van der Waals surface area contributed by atoms with Crippen molar-refractivity contribution in [2.45, 2.75) is 45.6 Å². The number of amides is 3. The van der Waals surface area contributed by atoms with Crippen LogP contribution in [0.2, 0.25) is 0 Å². The van der Waals surface area contributed by atoms with Crippen LogP contribution in [0, 0.1) is 19.8 Å². The summed E-state index contributed by atoms with van der Waals surface area (Å²) in [6.07, 6.45) is 2.61. The smallest absolute Gasteiger partial charge is 0.241 e. The number of nitrogens with one attached hydrogen (secondary N) is 1. The fourth-order valence-electron chi connectivity index (χ4n) is 3.90. The summed E-state index contributed by atoms with van der Waals surface area (Å²) in [6, 6.07) is -0.0709. The van der Waals surface area contributed by atoms with Gasteiger partial charge in [0.1, 0.15) is 6.54 Å². The second-order valence-corrected chi connectivity index (χ2v) is 7.90. The van der Waals surface area contributed by atoms with Crippen molar-refractivity contribution >= 4 is 17.7 Å². The Balaban J connectivity index is 1.65. The zero-order valence-corrected chi connectivity index (χ0v) is 16.6. The monoisotopic (exact) mass is 375 g/mol. The maximum absolute atomic E-state index is 12.8. The Bertz CT molecular complexity index is 742. The van der Waals surface area contributed by atoms with Gasteiger partial charge in [-0.15, -0.1) is 0 Å². The Hall–Kier alpha value is -2.38. The molecule has 3 amide bonds. The third-order valence-electron chi connectivity index (χ3n) is 5.88. The standard InChI is InChI=1S/C19H29N5O3/c1-12-13(2)20-21-16(12)7-8-17(25)23-9-14-5-6-15(10-23)24(19(14)27)11-18(26)22(3)4/h14-15H,5-11H2,1-4H3,(H,20,21)/t14-,15+/m1/s1. The number of carbonyl (C=O) groups excluding carboxylic acids is 3. The maximum atomic E-state index is 12.8. The van der Waals surface area contributed by atoms with Gasteiger partial charge >= 0.3 is 0 Å². The molecule has 0 radical (unpaired) electrons. The molecule has 3 aliphatic rings. The number of fused-ring (bicyclic) bond motifs is 4. The van der Waals surface area contributed by atoms with Gasteiger partial charge in [-0.25, -0.2) is 0 Å². The van der Waals surface area contributed by atoms with Crippen molar-refractivity contribution in [2.24, 2.45) is 5.92 Å². The number of H-pyrrole nitrogens is 1. The Morgan fingerprint density at radius 2 is 1.96 bits per heavy atom. The van der Waals surface area contributed by atoms with Gasteiger partial charge in [0.2, 0.25) is 17.7 Å². The molecule has 2 bridgehead atoms. The number of likely N-dealkylation sites (N-methyl/N-ethyl adjacent to an activating group) is 1. The lowest BCUT2D eigenvalue weighted by Crippen LogP contribution is -2.51. The van der Waals surface area contributed by atoms with E-state index in [1.54, 1.807) is 19.0 Å². The highest BCUT2D eigenvalue weighted by Crippen LogP contribution is 2.29. The molecule has 0 aliphatic carbocycles. The molecule has 27 heavy (non-hydrogen) atoms. The predicted molar refractivity (Wildman–Crippen MR) is 99.9 cm³/mol. The first kappa shape index (κ1) is 19.4. The van der Waals surface area contributed by atoms with E-state index in [1.165, 1.54) is 4.90 Å². The SMILES string of the molecule is Cc1[nH]nc(CCC(=O)N2C[C@H]3CC[C@@H](C2)N(CC(=O)N(C)C)C3=O)c1C. The van der Waals surface area contributed by atoms with Crippen molar-refractivity contribution in [2.75, 3.05) is 33.7 Å². The van der Waals surface area contributed by atoms with E-state index in [1.807, 2.05) is 18.7 Å². The lowest BCUT2D eigenvalue weighted by Gasteiger charge is -2.35. The van der Waals surface area contributed by atoms with Crippen LogP contribution in [0.5, 0.6) is 0 Å². The Morgan fingerprint density at radius 3 is 2.59 bits per heavy atom. The molecule has 8 nitrogen and oxygen atoms in total. The van der Waals surface area contributed by atoms with Crippen molar-refractivity contribution < 1.29 is 14.4 Å². The molecule has 0 unspecified atom stereocenters. The van der Waals surface area contributed by atoms with Gasteiger partial charge in [-0.3, -0.25) is 19.5 Å². The molecule has 4 heterocycles. The van der Waals surface area contributed by atoms with Gasteiger partial charge in [0.15, 0.2) is 0 Å². The van der Waals surface area contributed by atoms with E-state index >= 15 is 0 Å². The molecule has 8 heteroatoms. The first-order valence-electron chi connectivity index (χ1n) is 9.56. The zero-order chi connectivity index (χ0) is 19.7. The second kappa shape index (κ2) is 7.70. The van der Waals surface area contributed by atoms with Gasteiger partial charge < -0.3 is 14.7 Å². The summed E-state index contributed by atoms with van der Waals surface area (Å²) in [7, 11) is 3.38. The Labute approximate surface area is 159 Å². The first-order valence-corrected chi connectivity index (χ1v) is 9.56. The van der Waals surface area contributed by atoms with Crippen molar-refractivity contribution in [3.05, 3.63) is 17.0 Å². The van der Waals surface area contributed by atoms with Crippen LogP contribution < -0.4 is 0 Å². The van der Waals surface area contributed by atoms with E-state index in [9.17, 15) is 14.4 Å². The number of nitrogens with zero attached hydrogens (tertiary/aromatic N) is 4. The van der Waals surface area contributed by atoms with Crippen LogP contribution in [0.4, 0.5) is 0 Å². The van der Waals surface area contributed by atoms with Gasteiger partial charge in [0.25, 0.3) is 0 Å². The average Bonchev–Trinajstić information content (AvgIpc) is 2.80. The summed E-state index contributed by atoms with van der Waals surface area (Å²) in [4.78, 5) is 42.6. The number of aromatic amines is 1. The van der Waals surface area contributed by atoms with E-state index in [2.05, 4.69) is 10.2 Å². The normalized spacial score (nSPS) is 22.1. The van der Waals surface area contributed by atoms with E-state index in [0.717, 1.165) is 29.8 Å². The minimum Gasteiger partial charge on any atom is -0.347 e. The number of carbonyl (C=O) groups is 3. The van der Waals surface area contributed by atoms with Gasteiger partial charge in [0, 0.05) is 51.8 Å². The second-order valence-electron chi connectivity index (χ2n) is 7.90. The number of hydrogen-bond acceptors (Lipinski definition) is 4. The van der Waals surface area contributed by atoms with Crippen LogP contribution in [0.15, 0.2) is 0 Å². The average molecular weight is 375 g/mol. The summed E-state index contributed by atoms with van der Waals surface area (Å²) in [5.74, 6) is -0.216. The summed E-state index contributed by atoms with van der Waals surface area (Å²) < 4.78 is 0. The number of hydrogen-bond donors (Lipinski definition) is 1. The van der Waals surface area contributed by atoms with Crippen LogP contribution in [-0.4, -0.2) is 82.4 Å². The molecule has 1 aromatic heterocycles. The lowest BCUT2D eigenvalue weighted by molar-refractivity contribution is -0.145. The van der Waals surface area contributed by atoms with Crippen LogP contribution in [0.3, 0.4) is 0 Å². The van der Waals surface area contributed by atoms with E-state index < -0.39 is 0 Å². The van der Waals surface area contributed by atoms with Crippen LogP contribution in [0.25, 0.3) is 0 Å². The maximum Gasteiger partial charge on any atom is 0.241 e. The first-order chi connectivity index (χ1) is 12.8. The molecule has 1 aromatic rings. The third-order valence-corrected chi connectivity index (χ3v) is 5.88. The fourth-order valence-corrected chi connectivity index (χ4v) is 3.90. The number of rotatable bonds is 5. The van der Waals surface area contributed by atoms with E-state index in [0.29, 0.717) is 25.9 Å². The predicted octanol–water partition coefficient (Wildman–Crippen LogP) is 0.497. The molecule has 148 valence electrons. The summed E-state index contributed by atoms with van der Waals surface area (Å²) in [6.45, 7) is 5.04. The Morgan fingerprint density at radius 1 is 1.22 bits per heavy atom. The zero-order valence-electron chi connectivity index (χ0n) is 16.6. The highest BCUT2D eigenvalue weighted by molar-refractivity contribution is 5.88. The molecule has 0 aromatic carbocycles. The largest absolute Gasteiger partial charge is 0.347 e. The molecule has 0 spiro atoms. The van der Waals surface area contributed by atoms with Crippen LogP contribution in [0.1, 0.15) is 36.2 Å². The molecular formula is C19H29N5O3. The summed E-state index contributed by atoms with van der Waals surface area (Å²) >= 11 is 0. The van der Waals surface area contributed by atoms with Crippen molar-refractivity contribution in [3.63, 3.8) is 0 Å². The molecule has 3 saturated heterocycles. The van der Waals surface area contributed by atoms with Crippen molar-refractivity contribution in [3.8, 4) is 0 Å². The summed E-state index contributed by atoms with van der Waals surface area (Å²) in [5.41, 5.74) is 3.05. The van der Waals surface area contributed by atoms with E-state index in [-0.39, 0.29) is 36.2 Å². The molecule has 3 fully saturated rings. The molecule has 3 aliphatic heterocycles. The van der Waals surface area contributed by atoms with Gasteiger partial charge in [-0.1, -0.05) is 0 Å². The quantitative estimate of drug-likeness (QED) is 0.811. The number of aryl methyl sites for hydroxylation is 2. The van der Waals surface area contributed by atoms with Crippen LogP contribution in [-0.2, 0) is 20.8 Å². The third kappa shape index (κ3) is 3.99.